The summed E-state index contributed by atoms with van der Waals surface area (Å²) < 4.78 is 2.15. The van der Waals surface area contributed by atoms with Crippen LogP contribution in [0.5, 0.6) is 0 Å². The molecule has 4 aromatic rings. The highest BCUT2D eigenvalue weighted by Crippen LogP contribution is 2.36. The van der Waals surface area contributed by atoms with E-state index in [0.29, 0.717) is 13.1 Å². The van der Waals surface area contributed by atoms with Crippen molar-refractivity contribution in [2.45, 2.75) is 0 Å². The van der Waals surface area contributed by atoms with Gasteiger partial charge in [-0.25, -0.2) is 4.98 Å². The molecule has 0 unspecified atom stereocenters. The van der Waals surface area contributed by atoms with Gasteiger partial charge in [0.15, 0.2) is 0 Å². The molecule has 1 aromatic carbocycles. The van der Waals surface area contributed by atoms with Gasteiger partial charge < -0.3 is 14.4 Å². The number of carbonyl (C=O) groups is 1. The van der Waals surface area contributed by atoms with Gasteiger partial charge in [0.2, 0.25) is 0 Å². The van der Waals surface area contributed by atoms with Gasteiger partial charge in [-0.05, 0) is 29.6 Å². The summed E-state index contributed by atoms with van der Waals surface area (Å²) in [4.78, 5) is 23.5. The largest absolute Gasteiger partial charge is 0.353 e. The summed E-state index contributed by atoms with van der Waals surface area (Å²) in [6.07, 6.45) is 1.82. The molecule has 6 heteroatoms. The molecule has 1 aliphatic heterocycles. The Balaban J connectivity index is 1.48. The van der Waals surface area contributed by atoms with Crippen LogP contribution in [0.25, 0.3) is 21.5 Å². The maximum atomic E-state index is 13.7. The zero-order valence-electron chi connectivity index (χ0n) is 16.3. The van der Waals surface area contributed by atoms with Gasteiger partial charge in [-0.1, -0.05) is 30.3 Å². The van der Waals surface area contributed by atoms with Crippen LogP contribution in [0, 0.1) is 0 Å². The van der Waals surface area contributed by atoms with E-state index in [1.54, 1.807) is 11.3 Å². The summed E-state index contributed by atoms with van der Waals surface area (Å²) in [6, 6.07) is 18.3. The van der Waals surface area contributed by atoms with Gasteiger partial charge in [-0.15, -0.1) is 11.3 Å². The van der Waals surface area contributed by atoms with Crippen LogP contribution < -0.4 is 4.90 Å². The maximum absolute atomic E-state index is 13.7. The van der Waals surface area contributed by atoms with Crippen LogP contribution in [0.2, 0.25) is 0 Å². The first-order valence-electron chi connectivity index (χ1n) is 9.80. The van der Waals surface area contributed by atoms with E-state index in [9.17, 15) is 4.79 Å². The Labute approximate surface area is 173 Å². The highest BCUT2D eigenvalue weighted by atomic mass is 32.1. The monoisotopic (exact) mass is 402 g/mol. The number of carbonyl (C=O) groups excluding carboxylic acids is 1. The molecule has 0 saturated carbocycles. The average Bonchev–Trinajstić information content (AvgIpc) is 3.41. The molecule has 0 spiro atoms. The lowest BCUT2D eigenvalue weighted by Gasteiger charge is -2.35. The van der Waals surface area contributed by atoms with Crippen molar-refractivity contribution in [1.29, 1.82) is 0 Å². The van der Waals surface area contributed by atoms with Crippen molar-refractivity contribution in [3.05, 3.63) is 71.7 Å². The third-order valence-electron chi connectivity index (χ3n) is 5.62. The predicted molar refractivity (Wildman–Crippen MR) is 119 cm³/mol. The number of thiophene rings is 1. The average molecular weight is 403 g/mol. The zero-order valence-corrected chi connectivity index (χ0v) is 17.1. The minimum atomic E-state index is 0.117. The van der Waals surface area contributed by atoms with Crippen LogP contribution in [0.4, 0.5) is 5.82 Å². The molecule has 0 bridgehead atoms. The number of hydrogen-bond acceptors (Lipinski definition) is 4. The molecular formula is C23H22N4OS. The molecule has 4 heterocycles. The Morgan fingerprint density at radius 3 is 2.48 bits per heavy atom. The summed E-state index contributed by atoms with van der Waals surface area (Å²) in [5.41, 5.74) is 2.92. The summed E-state index contributed by atoms with van der Waals surface area (Å²) in [5.74, 6) is 1.09. The number of pyridine rings is 1. The van der Waals surface area contributed by atoms with E-state index in [0.717, 1.165) is 45.9 Å². The molecule has 0 N–H and O–H groups in total. The van der Waals surface area contributed by atoms with Crippen molar-refractivity contribution in [2.24, 2.45) is 7.05 Å². The fraction of sp³-hybridized carbons (Fsp3) is 0.217. The van der Waals surface area contributed by atoms with Crippen LogP contribution in [0.15, 0.2) is 66.2 Å². The van der Waals surface area contributed by atoms with E-state index in [-0.39, 0.29) is 5.91 Å². The molecule has 5 rings (SSSR count). The minimum absolute atomic E-state index is 0.117. The van der Waals surface area contributed by atoms with Gasteiger partial charge in [0, 0.05) is 50.3 Å². The molecular weight excluding hydrogens is 380 g/mol. The molecule has 146 valence electrons. The number of fused-ring (bicyclic) bond motifs is 1. The van der Waals surface area contributed by atoms with Gasteiger partial charge in [0.25, 0.3) is 5.91 Å². The first-order chi connectivity index (χ1) is 14.2. The van der Waals surface area contributed by atoms with Gasteiger partial charge >= 0.3 is 0 Å². The number of para-hydroxylation sites is 1. The minimum Gasteiger partial charge on any atom is -0.353 e. The number of piperazine rings is 1. The number of aryl methyl sites for hydroxylation is 1. The van der Waals surface area contributed by atoms with Crippen molar-refractivity contribution in [3.8, 4) is 10.6 Å². The summed E-state index contributed by atoms with van der Waals surface area (Å²) >= 11 is 1.67. The smallest absolute Gasteiger partial charge is 0.256 e. The standard InChI is InChI=1S/C23H22N4OS/c1-25-18-8-3-2-7-17(18)21(22(25)19-9-6-16-29-19)23(28)27-14-12-26(13-15-27)20-10-4-5-11-24-20/h2-11,16H,12-15H2,1H3. The number of aromatic nitrogens is 2. The van der Waals surface area contributed by atoms with Gasteiger partial charge in [0.1, 0.15) is 5.82 Å². The van der Waals surface area contributed by atoms with E-state index in [1.165, 1.54) is 0 Å². The van der Waals surface area contributed by atoms with E-state index in [4.69, 9.17) is 0 Å². The van der Waals surface area contributed by atoms with Crippen molar-refractivity contribution in [2.75, 3.05) is 31.1 Å². The Morgan fingerprint density at radius 1 is 0.966 bits per heavy atom. The third-order valence-corrected chi connectivity index (χ3v) is 6.49. The molecule has 0 radical (unpaired) electrons. The fourth-order valence-electron chi connectivity index (χ4n) is 4.15. The fourth-order valence-corrected chi connectivity index (χ4v) is 4.96. The van der Waals surface area contributed by atoms with Crippen LogP contribution in [0.1, 0.15) is 10.4 Å². The number of benzene rings is 1. The Bertz CT molecular complexity index is 1140. The van der Waals surface area contributed by atoms with Crippen LogP contribution in [-0.2, 0) is 7.05 Å². The van der Waals surface area contributed by atoms with Crippen molar-refractivity contribution < 1.29 is 4.79 Å². The maximum Gasteiger partial charge on any atom is 0.256 e. The highest BCUT2D eigenvalue weighted by molar-refractivity contribution is 7.13. The van der Waals surface area contributed by atoms with Gasteiger partial charge in [-0.3, -0.25) is 4.79 Å². The van der Waals surface area contributed by atoms with E-state index < -0.39 is 0 Å². The van der Waals surface area contributed by atoms with E-state index in [2.05, 4.69) is 38.0 Å². The highest BCUT2D eigenvalue weighted by Gasteiger charge is 2.29. The molecule has 1 amide bonds. The third kappa shape index (κ3) is 3.09. The SMILES string of the molecule is Cn1c(-c2cccs2)c(C(=O)N2CCN(c3ccccn3)CC2)c2ccccc21. The normalized spacial score (nSPS) is 14.5. The Kier molecular flexibility index (Phi) is 4.56. The number of amides is 1. The summed E-state index contributed by atoms with van der Waals surface area (Å²) in [6.45, 7) is 2.98. The van der Waals surface area contributed by atoms with Crippen molar-refractivity contribution in [1.82, 2.24) is 14.5 Å². The molecule has 1 aliphatic rings. The van der Waals surface area contributed by atoms with Crippen LogP contribution >= 0.6 is 11.3 Å². The van der Waals surface area contributed by atoms with Gasteiger partial charge in [0.05, 0.1) is 16.1 Å². The van der Waals surface area contributed by atoms with Crippen LogP contribution in [-0.4, -0.2) is 46.5 Å². The lowest BCUT2D eigenvalue weighted by molar-refractivity contribution is 0.0749. The quantitative estimate of drug-likeness (QED) is 0.514. The lowest BCUT2D eigenvalue weighted by Crippen LogP contribution is -2.49. The second kappa shape index (κ2) is 7.37. The molecule has 5 nitrogen and oxygen atoms in total. The summed E-state index contributed by atoms with van der Waals surface area (Å²) in [7, 11) is 2.05. The first-order valence-corrected chi connectivity index (χ1v) is 10.7. The molecule has 1 fully saturated rings. The lowest BCUT2D eigenvalue weighted by atomic mass is 10.1. The molecule has 3 aromatic heterocycles. The number of hydrogen-bond donors (Lipinski definition) is 0. The first kappa shape index (κ1) is 17.9. The predicted octanol–water partition coefficient (Wildman–Crippen LogP) is 4.26. The van der Waals surface area contributed by atoms with Crippen LogP contribution in [0.3, 0.4) is 0 Å². The Hall–Kier alpha value is -3.12. The van der Waals surface area contributed by atoms with Crippen molar-refractivity contribution >= 4 is 34.0 Å². The Morgan fingerprint density at radius 2 is 1.76 bits per heavy atom. The van der Waals surface area contributed by atoms with Crippen molar-refractivity contribution in [3.63, 3.8) is 0 Å². The summed E-state index contributed by atoms with van der Waals surface area (Å²) in [5, 5.41) is 3.09. The molecule has 0 atom stereocenters. The van der Waals surface area contributed by atoms with E-state index in [1.807, 2.05) is 54.5 Å². The molecule has 0 aliphatic carbocycles. The second-order valence-electron chi connectivity index (χ2n) is 7.24. The number of anilines is 1. The van der Waals surface area contributed by atoms with E-state index >= 15 is 0 Å². The topological polar surface area (TPSA) is 41.4 Å². The molecule has 29 heavy (non-hydrogen) atoms. The number of rotatable bonds is 3. The molecule has 1 saturated heterocycles. The number of nitrogens with zero attached hydrogens (tertiary/aromatic N) is 4. The van der Waals surface area contributed by atoms with Gasteiger partial charge in [-0.2, -0.15) is 0 Å². The second-order valence-corrected chi connectivity index (χ2v) is 8.19. The zero-order chi connectivity index (χ0) is 19.8.